The van der Waals surface area contributed by atoms with Crippen molar-refractivity contribution in [2.45, 2.75) is 19.8 Å². The lowest BCUT2D eigenvalue weighted by Gasteiger charge is -2.36. The summed E-state index contributed by atoms with van der Waals surface area (Å²) < 4.78 is 26.7. The van der Waals surface area contributed by atoms with Crippen molar-refractivity contribution in [1.29, 1.82) is 0 Å². The Bertz CT molecular complexity index is 808. The van der Waals surface area contributed by atoms with Gasteiger partial charge in [-0.1, -0.05) is 24.8 Å². The molecule has 0 aromatic heterocycles. The Labute approximate surface area is 164 Å². The molecule has 1 heterocycles. The Kier molecular flexibility index (Phi) is 6.94. The number of aliphatic imine (C=N–C) groups is 1. The number of carbonyl (C=O) groups is 1. The highest BCUT2D eigenvalue weighted by Crippen LogP contribution is 2.28. The Balaban J connectivity index is 2.10. The number of amides is 1. The van der Waals surface area contributed by atoms with E-state index in [2.05, 4.69) is 22.8 Å². The van der Waals surface area contributed by atoms with Crippen LogP contribution in [0.25, 0.3) is 0 Å². The molecule has 0 bridgehead atoms. The molecule has 0 atom stereocenters. The Morgan fingerprint density at radius 1 is 1.25 bits per heavy atom. The summed E-state index contributed by atoms with van der Waals surface area (Å²) in [7, 11) is 0. The minimum absolute atomic E-state index is 0.0548. The van der Waals surface area contributed by atoms with Crippen molar-refractivity contribution in [2.24, 2.45) is 4.99 Å². The van der Waals surface area contributed by atoms with Gasteiger partial charge < -0.3 is 15.1 Å². The van der Waals surface area contributed by atoms with E-state index in [-0.39, 0.29) is 11.5 Å². The molecule has 28 heavy (non-hydrogen) atoms. The number of hydrogen-bond donors (Lipinski definition) is 1. The van der Waals surface area contributed by atoms with Crippen molar-refractivity contribution in [3.8, 4) is 12.3 Å². The average molecular weight is 386 g/mol. The molecular formula is C21H24F2N4O. The number of amidine groups is 1. The van der Waals surface area contributed by atoms with Crippen LogP contribution in [0.2, 0.25) is 0 Å². The molecule has 1 aliphatic rings. The SMILES string of the molecule is C#CC(=O)N1CCN(C(=N/C=C\C)C(=C)Nc2ccc(C(C)(F)F)cc2)CC1. The number of alkyl halides is 2. The highest BCUT2D eigenvalue weighted by molar-refractivity contribution is 6.01. The van der Waals surface area contributed by atoms with Crippen LogP contribution in [0.4, 0.5) is 14.5 Å². The van der Waals surface area contributed by atoms with Crippen LogP contribution in [0.1, 0.15) is 19.4 Å². The molecule has 0 unspecified atom stereocenters. The molecule has 1 amide bonds. The third kappa shape index (κ3) is 5.43. The molecule has 1 saturated heterocycles. The van der Waals surface area contributed by atoms with E-state index in [1.54, 1.807) is 29.3 Å². The zero-order valence-electron chi connectivity index (χ0n) is 16.1. The fourth-order valence-corrected chi connectivity index (χ4v) is 2.78. The Morgan fingerprint density at radius 3 is 2.32 bits per heavy atom. The number of rotatable bonds is 5. The molecule has 148 valence electrons. The van der Waals surface area contributed by atoms with Gasteiger partial charge in [0, 0.05) is 50.6 Å². The van der Waals surface area contributed by atoms with Crippen LogP contribution in [-0.4, -0.2) is 47.7 Å². The van der Waals surface area contributed by atoms with Crippen LogP contribution in [0.3, 0.4) is 0 Å². The molecule has 2 rings (SSSR count). The quantitative estimate of drug-likeness (QED) is 0.479. The first kappa shape index (κ1) is 21.2. The normalized spacial score (nSPS) is 15.5. The molecule has 1 aliphatic heterocycles. The maximum absolute atomic E-state index is 13.4. The topological polar surface area (TPSA) is 47.9 Å². The Hall–Kier alpha value is -3.14. The van der Waals surface area contributed by atoms with Crippen molar-refractivity contribution < 1.29 is 13.6 Å². The summed E-state index contributed by atoms with van der Waals surface area (Å²) in [4.78, 5) is 19.7. The van der Waals surface area contributed by atoms with Crippen molar-refractivity contribution in [1.82, 2.24) is 9.80 Å². The second-order valence-electron chi connectivity index (χ2n) is 6.43. The molecule has 1 aromatic carbocycles. The van der Waals surface area contributed by atoms with Crippen molar-refractivity contribution in [2.75, 3.05) is 31.5 Å². The molecule has 1 N–H and O–H groups in total. The number of nitrogens with one attached hydrogen (secondary N) is 1. The van der Waals surface area contributed by atoms with E-state index in [1.807, 2.05) is 11.8 Å². The lowest BCUT2D eigenvalue weighted by molar-refractivity contribution is -0.126. The molecule has 0 spiro atoms. The molecule has 0 saturated carbocycles. The van der Waals surface area contributed by atoms with Crippen molar-refractivity contribution in [3.63, 3.8) is 0 Å². The smallest absolute Gasteiger partial charge is 0.298 e. The minimum Gasteiger partial charge on any atom is -0.353 e. The number of carbonyl (C=O) groups excluding carboxylic acids is 1. The number of halogens is 2. The van der Waals surface area contributed by atoms with Gasteiger partial charge in [0.25, 0.3) is 11.8 Å². The number of anilines is 1. The van der Waals surface area contributed by atoms with Crippen molar-refractivity contribution >= 4 is 17.4 Å². The van der Waals surface area contributed by atoms with Crippen LogP contribution in [0.15, 0.2) is 53.8 Å². The molecule has 5 nitrogen and oxygen atoms in total. The zero-order chi connectivity index (χ0) is 20.7. The third-order valence-electron chi connectivity index (χ3n) is 4.29. The zero-order valence-corrected chi connectivity index (χ0v) is 16.1. The summed E-state index contributed by atoms with van der Waals surface area (Å²) in [5, 5.41) is 3.11. The summed E-state index contributed by atoms with van der Waals surface area (Å²) in [5.74, 6) is -0.460. The van der Waals surface area contributed by atoms with Gasteiger partial charge in [-0.25, -0.2) is 13.8 Å². The molecule has 1 fully saturated rings. The van der Waals surface area contributed by atoms with Crippen LogP contribution in [-0.2, 0) is 10.7 Å². The standard InChI is InChI=1S/C21H24F2N4O/c1-5-11-24-20(27-14-12-26(13-15-27)19(28)6-2)16(3)25-18-9-7-17(8-10-18)21(4,22)23/h2,5,7-11,25H,3,12-15H2,1,4H3/b11-5-,24-20?. The number of allylic oxidation sites excluding steroid dienone is 1. The van der Waals surface area contributed by atoms with Crippen LogP contribution < -0.4 is 5.32 Å². The molecule has 1 aromatic rings. The average Bonchev–Trinajstić information content (AvgIpc) is 2.68. The lowest BCUT2D eigenvalue weighted by Crippen LogP contribution is -2.51. The van der Waals surface area contributed by atoms with Crippen molar-refractivity contribution in [3.05, 3.63) is 54.4 Å². The van der Waals surface area contributed by atoms with E-state index in [9.17, 15) is 13.6 Å². The summed E-state index contributed by atoms with van der Waals surface area (Å²) in [6, 6.07) is 5.91. The second-order valence-corrected chi connectivity index (χ2v) is 6.43. The summed E-state index contributed by atoms with van der Waals surface area (Å²) in [6.45, 7) is 8.86. The largest absolute Gasteiger partial charge is 0.353 e. The van der Waals surface area contributed by atoms with E-state index in [1.165, 1.54) is 12.1 Å². The molecular weight excluding hydrogens is 362 g/mol. The molecule has 0 aliphatic carbocycles. The number of nitrogens with zero attached hydrogens (tertiary/aromatic N) is 3. The second kappa shape index (κ2) is 9.18. The van der Waals surface area contributed by atoms with E-state index in [0.717, 1.165) is 6.92 Å². The first-order valence-corrected chi connectivity index (χ1v) is 8.90. The third-order valence-corrected chi connectivity index (χ3v) is 4.29. The van der Waals surface area contributed by atoms with E-state index in [4.69, 9.17) is 6.42 Å². The van der Waals surface area contributed by atoms with Gasteiger partial charge >= 0.3 is 0 Å². The fourth-order valence-electron chi connectivity index (χ4n) is 2.78. The first-order valence-electron chi connectivity index (χ1n) is 8.90. The first-order chi connectivity index (χ1) is 13.3. The highest BCUT2D eigenvalue weighted by atomic mass is 19.3. The van der Waals surface area contributed by atoms with Gasteiger partial charge in [-0.3, -0.25) is 4.79 Å². The van der Waals surface area contributed by atoms with Gasteiger partial charge in [-0.05, 0) is 25.0 Å². The number of terminal acetylenes is 1. The highest BCUT2D eigenvalue weighted by Gasteiger charge is 2.25. The monoisotopic (exact) mass is 386 g/mol. The Morgan fingerprint density at radius 2 is 1.82 bits per heavy atom. The van der Waals surface area contributed by atoms with Crippen LogP contribution in [0, 0.1) is 12.3 Å². The fraction of sp³-hybridized carbons (Fsp3) is 0.333. The summed E-state index contributed by atoms with van der Waals surface area (Å²) in [5.41, 5.74) is 1.11. The predicted molar refractivity (Wildman–Crippen MR) is 108 cm³/mol. The minimum atomic E-state index is -2.89. The maximum atomic E-state index is 13.4. The number of hydrogen-bond acceptors (Lipinski definition) is 3. The van der Waals surface area contributed by atoms with Gasteiger partial charge in [-0.15, -0.1) is 6.42 Å². The van der Waals surface area contributed by atoms with Crippen LogP contribution in [0.5, 0.6) is 0 Å². The summed E-state index contributed by atoms with van der Waals surface area (Å²) >= 11 is 0. The maximum Gasteiger partial charge on any atom is 0.298 e. The van der Waals surface area contributed by atoms with E-state index < -0.39 is 5.92 Å². The lowest BCUT2D eigenvalue weighted by atomic mass is 10.1. The van der Waals surface area contributed by atoms with E-state index in [0.29, 0.717) is 43.4 Å². The number of piperazine rings is 1. The van der Waals surface area contributed by atoms with Gasteiger partial charge in [0.15, 0.2) is 5.84 Å². The predicted octanol–water partition coefficient (Wildman–Crippen LogP) is 3.43. The summed E-state index contributed by atoms with van der Waals surface area (Å²) in [6.07, 6.45) is 8.63. The van der Waals surface area contributed by atoms with Gasteiger partial charge in [0.2, 0.25) is 0 Å². The number of benzene rings is 1. The van der Waals surface area contributed by atoms with E-state index >= 15 is 0 Å². The molecule has 0 radical (unpaired) electrons. The van der Waals surface area contributed by atoms with Gasteiger partial charge in [-0.2, -0.15) is 0 Å². The van der Waals surface area contributed by atoms with Gasteiger partial charge in [0.05, 0.1) is 5.70 Å². The van der Waals surface area contributed by atoms with Crippen LogP contribution >= 0.6 is 0 Å². The van der Waals surface area contributed by atoms with Gasteiger partial charge in [0.1, 0.15) is 0 Å². The molecule has 7 heteroatoms.